The van der Waals surface area contributed by atoms with E-state index in [2.05, 4.69) is 10.2 Å². The summed E-state index contributed by atoms with van der Waals surface area (Å²) in [5.74, 6) is 0.956. The van der Waals surface area contributed by atoms with Crippen molar-refractivity contribution in [3.63, 3.8) is 0 Å². The number of nitrogens with one attached hydrogen (secondary N) is 1. The number of amides is 1. The second-order valence-corrected chi connectivity index (χ2v) is 8.20. The molecule has 1 aromatic carbocycles. The standard InChI is InChI=1S/C23H30N2O4/c1-2-16-12-23(27)29-21-13-18(8-9-19(16)21)28-15-22(26)24-14-17-6-5-11-25-10-4-3-7-20(17)25/h8-9,12-13,17,20H,2-7,10-11,14-15H2,1H3,(H,24,26)/t17-,20-/m1/s1. The number of carbonyl (C=O) groups is 1. The van der Waals surface area contributed by atoms with E-state index in [1.807, 2.05) is 19.1 Å². The molecule has 0 unspecified atom stereocenters. The number of carbonyl (C=O) groups excluding carboxylic acids is 1. The second-order valence-electron chi connectivity index (χ2n) is 8.20. The van der Waals surface area contributed by atoms with E-state index in [4.69, 9.17) is 9.15 Å². The van der Waals surface area contributed by atoms with E-state index in [0.29, 0.717) is 23.3 Å². The maximum absolute atomic E-state index is 12.3. The minimum Gasteiger partial charge on any atom is -0.484 e. The van der Waals surface area contributed by atoms with Crippen molar-refractivity contribution >= 4 is 16.9 Å². The lowest BCUT2D eigenvalue weighted by atomic mass is 9.83. The van der Waals surface area contributed by atoms with Gasteiger partial charge in [-0.25, -0.2) is 4.79 Å². The molecule has 6 heteroatoms. The Morgan fingerprint density at radius 1 is 1.21 bits per heavy atom. The van der Waals surface area contributed by atoms with Crippen LogP contribution in [0.15, 0.2) is 33.5 Å². The van der Waals surface area contributed by atoms with Crippen LogP contribution in [0.25, 0.3) is 11.0 Å². The van der Waals surface area contributed by atoms with Crippen LogP contribution in [-0.4, -0.2) is 43.1 Å². The van der Waals surface area contributed by atoms with Gasteiger partial charge in [0.05, 0.1) is 0 Å². The van der Waals surface area contributed by atoms with Crippen molar-refractivity contribution in [2.75, 3.05) is 26.2 Å². The Hall–Kier alpha value is -2.34. The number of hydrogen-bond donors (Lipinski definition) is 1. The minimum atomic E-state index is -0.367. The number of ether oxygens (including phenoxy) is 1. The Labute approximate surface area is 171 Å². The van der Waals surface area contributed by atoms with E-state index < -0.39 is 0 Å². The molecule has 2 fully saturated rings. The predicted molar refractivity (Wildman–Crippen MR) is 112 cm³/mol. The number of benzene rings is 1. The summed E-state index contributed by atoms with van der Waals surface area (Å²) in [6, 6.07) is 7.52. The largest absolute Gasteiger partial charge is 0.484 e. The minimum absolute atomic E-state index is 0.0374. The molecule has 29 heavy (non-hydrogen) atoms. The molecule has 2 aliphatic heterocycles. The molecule has 1 amide bonds. The zero-order chi connectivity index (χ0) is 20.2. The van der Waals surface area contributed by atoms with Crippen molar-refractivity contribution < 1.29 is 13.9 Å². The smallest absolute Gasteiger partial charge is 0.336 e. The number of rotatable bonds is 6. The van der Waals surface area contributed by atoms with Crippen LogP contribution in [0.3, 0.4) is 0 Å². The van der Waals surface area contributed by atoms with E-state index in [1.165, 1.54) is 51.3 Å². The first-order valence-corrected chi connectivity index (χ1v) is 10.8. The number of hydrogen-bond acceptors (Lipinski definition) is 5. The molecule has 0 aliphatic carbocycles. The van der Waals surface area contributed by atoms with Gasteiger partial charge in [0.15, 0.2) is 6.61 Å². The molecule has 0 bridgehead atoms. The van der Waals surface area contributed by atoms with Gasteiger partial charge in [-0.1, -0.05) is 13.3 Å². The third-order valence-corrected chi connectivity index (χ3v) is 6.34. The van der Waals surface area contributed by atoms with Crippen molar-refractivity contribution in [3.8, 4) is 5.75 Å². The molecule has 2 saturated heterocycles. The monoisotopic (exact) mass is 398 g/mol. The molecule has 0 spiro atoms. The van der Waals surface area contributed by atoms with Crippen LogP contribution in [0.5, 0.6) is 5.75 Å². The van der Waals surface area contributed by atoms with Crippen molar-refractivity contribution in [2.45, 2.75) is 51.5 Å². The number of piperidine rings is 2. The number of fused-ring (bicyclic) bond motifs is 2. The van der Waals surface area contributed by atoms with Gasteiger partial charge in [-0.2, -0.15) is 0 Å². The molecule has 2 atom stereocenters. The molecule has 1 N–H and O–H groups in total. The van der Waals surface area contributed by atoms with Crippen LogP contribution in [-0.2, 0) is 11.2 Å². The van der Waals surface area contributed by atoms with E-state index in [1.54, 1.807) is 6.07 Å². The summed E-state index contributed by atoms with van der Waals surface area (Å²) < 4.78 is 10.9. The highest BCUT2D eigenvalue weighted by molar-refractivity contribution is 5.82. The molecule has 4 rings (SSSR count). The van der Waals surface area contributed by atoms with Gasteiger partial charge >= 0.3 is 5.63 Å². The van der Waals surface area contributed by atoms with Crippen LogP contribution < -0.4 is 15.7 Å². The van der Waals surface area contributed by atoms with Crippen molar-refractivity contribution in [1.29, 1.82) is 0 Å². The zero-order valence-corrected chi connectivity index (χ0v) is 17.1. The lowest BCUT2D eigenvalue weighted by molar-refractivity contribution is -0.123. The molecule has 156 valence electrons. The highest BCUT2D eigenvalue weighted by Gasteiger charge is 2.32. The summed E-state index contributed by atoms with van der Waals surface area (Å²) in [7, 11) is 0. The predicted octanol–water partition coefficient (Wildman–Crippen LogP) is 3.11. The van der Waals surface area contributed by atoms with Crippen LogP contribution in [0, 0.1) is 5.92 Å². The van der Waals surface area contributed by atoms with Gasteiger partial charge in [0.1, 0.15) is 11.3 Å². The molecule has 6 nitrogen and oxygen atoms in total. The normalized spacial score (nSPS) is 22.2. The maximum atomic E-state index is 12.3. The van der Waals surface area contributed by atoms with E-state index in [9.17, 15) is 9.59 Å². The SMILES string of the molecule is CCc1cc(=O)oc2cc(OCC(=O)NC[C@H]3CCCN4CCCC[C@H]34)ccc12. The molecular formula is C23H30N2O4. The summed E-state index contributed by atoms with van der Waals surface area (Å²) in [5, 5.41) is 3.96. The first-order chi connectivity index (χ1) is 14.1. The third-order valence-electron chi connectivity index (χ3n) is 6.34. The van der Waals surface area contributed by atoms with Crippen molar-refractivity contribution in [2.24, 2.45) is 5.92 Å². The summed E-state index contributed by atoms with van der Waals surface area (Å²) >= 11 is 0. The van der Waals surface area contributed by atoms with Crippen LogP contribution >= 0.6 is 0 Å². The third kappa shape index (κ3) is 4.64. The first kappa shape index (κ1) is 20.0. The average molecular weight is 399 g/mol. The lowest BCUT2D eigenvalue weighted by Gasteiger charge is -2.44. The Kier molecular flexibility index (Phi) is 6.19. The van der Waals surface area contributed by atoms with Crippen molar-refractivity contribution in [3.05, 3.63) is 40.2 Å². The fraction of sp³-hybridized carbons (Fsp3) is 0.565. The highest BCUT2D eigenvalue weighted by Crippen LogP contribution is 2.30. The molecule has 2 aromatic rings. The zero-order valence-electron chi connectivity index (χ0n) is 17.1. The number of aryl methyl sites for hydroxylation is 1. The van der Waals surface area contributed by atoms with E-state index in [0.717, 1.165) is 23.9 Å². The quantitative estimate of drug-likeness (QED) is 0.757. The molecule has 2 aliphatic rings. The van der Waals surface area contributed by atoms with Gasteiger partial charge in [-0.05, 0) is 68.8 Å². The number of nitrogens with zero attached hydrogens (tertiary/aromatic N) is 1. The summed E-state index contributed by atoms with van der Waals surface area (Å²) in [4.78, 5) is 26.6. The highest BCUT2D eigenvalue weighted by atomic mass is 16.5. The van der Waals surface area contributed by atoms with Crippen molar-refractivity contribution in [1.82, 2.24) is 10.2 Å². The van der Waals surface area contributed by atoms with Gasteiger partial charge in [-0.15, -0.1) is 0 Å². The first-order valence-electron chi connectivity index (χ1n) is 10.8. The molecular weight excluding hydrogens is 368 g/mol. The van der Waals surface area contributed by atoms with Gasteiger partial charge in [0.25, 0.3) is 5.91 Å². The fourth-order valence-corrected chi connectivity index (χ4v) is 4.85. The lowest BCUT2D eigenvalue weighted by Crippen LogP contribution is -2.51. The van der Waals surface area contributed by atoms with Crippen LogP contribution in [0.2, 0.25) is 0 Å². The van der Waals surface area contributed by atoms with Crippen LogP contribution in [0.4, 0.5) is 0 Å². The fourth-order valence-electron chi connectivity index (χ4n) is 4.85. The molecule has 0 radical (unpaired) electrons. The molecule has 1 aromatic heterocycles. The van der Waals surface area contributed by atoms with E-state index in [-0.39, 0.29) is 18.1 Å². The Bertz CT molecular complexity index is 921. The molecule has 3 heterocycles. The van der Waals surface area contributed by atoms with Gasteiger partial charge in [0, 0.05) is 30.1 Å². The van der Waals surface area contributed by atoms with Gasteiger partial charge < -0.3 is 19.4 Å². The average Bonchev–Trinajstić information content (AvgIpc) is 2.75. The Balaban J connectivity index is 1.32. The second kappa shape index (κ2) is 8.99. The topological polar surface area (TPSA) is 71.8 Å². The molecule has 0 saturated carbocycles. The maximum Gasteiger partial charge on any atom is 0.336 e. The summed E-state index contributed by atoms with van der Waals surface area (Å²) in [5.41, 5.74) is 1.07. The van der Waals surface area contributed by atoms with Gasteiger partial charge in [0.2, 0.25) is 0 Å². The van der Waals surface area contributed by atoms with Gasteiger partial charge in [-0.3, -0.25) is 4.79 Å². The summed E-state index contributed by atoms with van der Waals surface area (Å²) in [6.07, 6.45) is 7.01. The van der Waals surface area contributed by atoms with E-state index >= 15 is 0 Å². The Morgan fingerprint density at radius 3 is 2.93 bits per heavy atom. The summed E-state index contributed by atoms with van der Waals surface area (Å²) in [6.45, 7) is 5.09. The Morgan fingerprint density at radius 2 is 2.07 bits per heavy atom. The van der Waals surface area contributed by atoms with Crippen LogP contribution in [0.1, 0.15) is 44.6 Å².